The summed E-state index contributed by atoms with van der Waals surface area (Å²) in [6, 6.07) is 8.20. The van der Waals surface area contributed by atoms with Crippen LogP contribution in [0.25, 0.3) is 0 Å². The van der Waals surface area contributed by atoms with E-state index in [1.54, 1.807) is 16.7 Å². The SMILES string of the molecule is CN1CCN(C2=Nc3ccccc3C(CC(=O)N(C)C)S2)CC1. The van der Waals surface area contributed by atoms with Gasteiger partial charge in [-0.15, -0.1) is 0 Å². The second-order valence-corrected chi connectivity index (χ2v) is 7.51. The van der Waals surface area contributed by atoms with E-state index in [9.17, 15) is 4.79 Å². The number of hydrogen-bond acceptors (Lipinski definition) is 5. The maximum absolute atomic E-state index is 12.2. The first-order chi connectivity index (χ1) is 11.0. The Labute approximate surface area is 142 Å². The van der Waals surface area contributed by atoms with Crippen LogP contribution in [0.1, 0.15) is 17.2 Å². The molecule has 124 valence electrons. The van der Waals surface area contributed by atoms with Crippen molar-refractivity contribution in [2.75, 3.05) is 47.3 Å². The Kier molecular flexibility index (Phi) is 4.92. The summed E-state index contributed by atoms with van der Waals surface area (Å²) in [5, 5.41) is 1.21. The van der Waals surface area contributed by atoms with Gasteiger partial charge in [0.2, 0.25) is 5.91 Å². The number of amidine groups is 1. The average Bonchev–Trinajstić information content (AvgIpc) is 2.55. The number of rotatable bonds is 2. The normalized spacial score (nSPS) is 21.6. The predicted octanol–water partition coefficient (Wildman–Crippen LogP) is 2.19. The zero-order valence-electron chi connectivity index (χ0n) is 14.0. The van der Waals surface area contributed by atoms with Gasteiger partial charge in [0.15, 0.2) is 5.17 Å². The van der Waals surface area contributed by atoms with Crippen molar-refractivity contribution >= 4 is 28.5 Å². The lowest BCUT2D eigenvalue weighted by Crippen LogP contribution is -2.46. The predicted molar refractivity (Wildman–Crippen MR) is 96.3 cm³/mol. The molecule has 1 atom stereocenters. The van der Waals surface area contributed by atoms with Gasteiger partial charge >= 0.3 is 0 Å². The molecule has 2 aliphatic rings. The molecule has 0 spiro atoms. The third-order valence-electron chi connectivity index (χ3n) is 4.38. The van der Waals surface area contributed by atoms with Gasteiger partial charge in [-0.05, 0) is 18.7 Å². The van der Waals surface area contributed by atoms with Crippen LogP contribution in [-0.2, 0) is 4.79 Å². The second kappa shape index (κ2) is 6.93. The molecule has 1 amide bonds. The highest BCUT2D eigenvalue weighted by molar-refractivity contribution is 8.14. The Morgan fingerprint density at radius 3 is 2.65 bits per heavy atom. The number of aliphatic imine (C=N–C) groups is 1. The highest BCUT2D eigenvalue weighted by Gasteiger charge is 2.29. The van der Waals surface area contributed by atoms with Gasteiger partial charge in [-0.2, -0.15) is 0 Å². The Hall–Kier alpha value is -1.53. The molecule has 0 N–H and O–H groups in total. The van der Waals surface area contributed by atoms with Crippen LogP contribution >= 0.6 is 11.8 Å². The Balaban J connectivity index is 1.83. The number of fused-ring (bicyclic) bond motifs is 1. The molecule has 1 unspecified atom stereocenters. The highest BCUT2D eigenvalue weighted by Crippen LogP contribution is 2.43. The number of nitrogens with zero attached hydrogens (tertiary/aromatic N) is 4. The molecule has 1 saturated heterocycles. The molecule has 1 aromatic rings. The van der Waals surface area contributed by atoms with Crippen molar-refractivity contribution < 1.29 is 4.79 Å². The summed E-state index contributed by atoms with van der Waals surface area (Å²) >= 11 is 1.74. The molecule has 0 saturated carbocycles. The van der Waals surface area contributed by atoms with Gasteiger partial charge in [-0.25, -0.2) is 4.99 Å². The van der Waals surface area contributed by atoms with E-state index < -0.39 is 0 Å². The maximum Gasteiger partial charge on any atom is 0.223 e. The fraction of sp³-hybridized carbons (Fsp3) is 0.529. The molecule has 0 bridgehead atoms. The van der Waals surface area contributed by atoms with E-state index in [-0.39, 0.29) is 11.2 Å². The molecule has 1 aromatic carbocycles. The molecular formula is C17H24N4OS. The summed E-state index contributed by atoms with van der Waals surface area (Å²) in [6.45, 7) is 4.11. The fourth-order valence-corrected chi connectivity index (χ4v) is 4.11. The number of carbonyl (C=O) groups is 1. The minimum Gasteiger partial charge on any atom is -0.349 e. The monoisotopic (exact) mass is 332 g/mol. The molecule has 2 heterocycles. The smallest absolute Gasteiger partial charge is 0.223 e. The minimum absolute atomic E-state index is 0.147. The van der Waals surface area contributed by atoms with Crippen LogP contribution in [0.5, 0.6) is 0 Å². The number of benzene rings is 1. The summed E-state index contributed by atoms with van der Waals surface area (Å²) < 4.78 is 0. The molecule has 0 radical (unpaired) electrons. The Morgan fingerprint density at radius 1 is 1.26 bits per heavy atom. The van der Waals surface area contributed by atoms with E-state index >= 15 is 0 Å². The van der Waals surface area contributed by atoms with E-state index in [0.717, 1.165) is 37.0 Å². The summed E-state index contributed by atoms with van der Waals surface area (Å²) in [7, 11) is 5.79. The fourth-order valence-electron chi connectivity index (χ4n) is 2.82. The number of piperazine rings is 1. The van der Waals surface area contributed by atoms with Gasteiger partial charge in [0.1, 0.15) is 0 Å². The van der Waals surface area contributed by atoms with Crippen molar-refractivity contribution in [2.45, 2.75) is 11.7 Å². The third-order valence-corrected chi connectivity index (χ3v) is 5.65. The number of amides is 1. The summed E-state index contributed by atoms with van der Waals surface area (Å²) in [5.41, 5.74) is 2.18. The van der Waals surface area contributed by atoms with Crippen LogP contribution in [0.15, 0.2) is 29.3 Å². The van der Waals surface area contributed by atoms with Crippen molar-refractivity contribution in [1.29, 1.82) is 0 Å². The number of carbonyl (C=O) groups excluding carboxylic acids is 1. The third kappa shape index (κ3) is 3.70. The number of likely N-dealkylation sites (N-methyl/N-ethyl adjacent to an activating group) is 1. The summed E-state index contributed by atoms with van der Waals surface area (Å²) in [4.78, 5) is 23.4. The van der Waals surface area contributed by atoms with E-state index in [0.29, 0.717) is 6.42 Å². The van der Waals surface area contributed by atoms with Crippen LogP contribution < -0.4 is 0 Å². The van der Waals surface area contributed by atoms with E-state index in [4.69, 9.17) is 4.99 Å². The number of para-hydroxylation sites is 1. The molecule has 0 aromatic heterocycles. The Morgan fingerprint density at radius 2 is 1.96 bits per heavy atom. The van der Waals surface area contributed by atoms with Crippen molar-refractivity contribution in [2.24, 2.45) is 4.99 Å². The molecule has 1 fully saturated rings. The van der Waals surface area contributed by atoms with Crippen molar-refractivity contribution in [3.63, 3.8) is 0 Å². The number of hydrogen-bond donors (Lipinski definition) is 0. The first-order valence-electron chi connectivity index (χ1n) is 8.02. The minimum atomic E-state index is 0.147. The molecule has 0 aliphatic carbocycles. The highest BCUT2D eigenvalue weighted by atomic mass is 32.2. The van der Waals surface area contributed by atoms with E-state index in [1.807, 2.05) is 26.2 Å². The van der Waals surface area contributed by atoms with Crippen LogP contribution in [-0.4, -0.2) is 73.1 Å². The average molecular weight is 332 g/mol. The van der Waals surface area contributed by atoms with Gasteiger partial charge in [0.05, 0.1) is 5.69 Å². The lowest BCUT2D eigenvalue weighted by atomic mass is 10.1. The van der Waals surface area contributed by atoms with Gasteiger partial charge < -0.3 is 14.7 Å². The molecule has 2 aliphatic heterocycles. The Bertz CT molecular complexity index is 608. The molecule has 23 heavy (non-hydrogen) atoms. The van der Waals surface area contributed by atoms with Crippen LogP contribution in [0.2, 0.25) is 0 Å². The van der Waals surface area contributed by atoms with Gasteiger partial charge in [-0.3, -0.25) is 4.79 Å². The lowest BCUT2D eigenvalue weighted by Gasteiger charge is -2.36. The topological polar surface area (TPSA) is 39.1 Å². The van der Waals surface area contributed by atoms with Crippen molar-refractivity contribution in [3.05, 3.63) is 29.8 Å². The maximum atomic E-state index is 12.2. The lowest BCUT2D eigenvalue weighted by molar-refractivity contribution is -0.128. The van der Waals surface area contributed by atoms with Crippen molar-refractivity contribution in [3.8, 4) is 0 Å². The van der Waals surface area contributed by atoms with Gasteiger partial charge in [-0.1, -0.05) is 30.0 Å². The standard InChI is InChI=1S/C17H24N4OS/c1-19(2)16(22)12-15-13-6-4-5-7-14(13)18-17(23-15)21-10-8-20(3)9-11-21/h4-7,15H,8-12H2,1-3H3. The quantitative estimate of drug-likeness (QED) is 0.832. The van der Waals surface area contributed by atoms with Crippen LogP contribution in [0.4, 0.5) is 5.69 Å². The van der Waals surface area contributed by atoms with Crippen LogP contribution in [0, 0.1) is 0 Å². The van der Waals surface area contributed by atoms with Gasteiger partial charge in [0.25, 0.3) is 0 Å². The first-order valence-corrected chi connectivity index (χ1v) is 8.90. The van der Waals surface area contributed by atoms with Gasteiger partial charge in [0, 0.05) is 51.9 Å². The van der Waals surface area contributed by atoms with E-state index in [2.05, 4.69) is 29.0 Å². The molecular weight excluding hydrogens is 308 g/mol. The first kappa shape index (κ1) is 16.3. The largest absolute Gasteiger partial charge is 0.349 e. The second-order valence-electron chi connectivity index (χ2n) is 6.34. The zero-order valence-corrected chi connectivity index (χ0v) is 14.8. The zero-order chi connectivity index (χ0) is 16.4. The van der Waals surface area contributed by atoms with Crippen molar-refractivity contribution in [1.82, 2.24) is 14.7 Å². The molecule has 6 heteroatoms. The van der Waals surface area contributed by atoms with E-state index in [1.165, 1.54) is 5.56 Å². The summed E-state index contributed by atoms with van der Waals surface area (Å²) in [5.74, 6) is 0.164. The number of thioether (sulfide) groups is 1. The molecule has 3 rings (SSSR count). The summed E-state index contributed by atoms with van der Waals surface area (Å²) in [6.07, 6.45) is 0.515. The van der Waals surface area contributed by atoms with Crippen LogP contribution in [0.3, 0.4) is 0 Å². The molecule has 5 nitrogen and oxygen atoms in total.